The second kappa shape index (κ2) is 8.70. The predicted molar refractivity (Wildman–Crippen MR) is 102 cm³/mol. The van der Waals surface area contributed by atoms with Crippen LogP contribution in [0.4, 0.5) is 15.8 Å². The molecule has 5 heteroatoms. The molecule has 1 N–H and O–H groups in total. The van der Waals surface area contributed by atoms with Crippen LogP contribution in [0, 0.1) is 12.7 Å². The molecule has 1 aliphatic rings. The van der Waals surface area contributed by atoms with Crippen LogP contribution >= 0.6 is 0 Å². The monoisotopic (exact) mass is 356 g/mol. The van der Waals surface area contributed by atoms with Gasteiger partial charge in [-0.1, -0.05) is 24.3 Å². The summed E-state index contributed by atoms with van der Waals surface area (Å²) in [4.78, 5) is 14.4. The van der Waals surface area contributed by atoms with Gasteiger partial charge in [-0.15, -0.1) is 0 Å². The number of ether oxygens (including phenoxy) is 1. The number of anilines is 2. The molecule has 0 atom stereocenters. The Morgan fingerprint density at radius 1 is 1.15 bits per heavy atom. The minimum atomic E-state index is -0.390. The van der Waals surface area contributed by atoms with Gasteiger partial charge in [0.15, 0.2) is 0 Å². The van der Waals surface area contributed by atoms with Gasteiger partial charge in [0.2, 0.25) is 5.91 Å². The molecule has 3 rings (SSSR count). The first-order valence-electron chi connectivity index (χ1n) is 9.17. The highest BCUT2D eigenvalue weighted by molar-refractivity contribution is 5.94. The van der Waals surface area contributed by atoms with Crippen LogP contribution in [-0.2, 0) is 4.79 Å². The van der Waals surface area contributed by atoms with E-state index < -0.39 is 0 Å². The van der Waals surface area contributed by atoms with E-state index in [1.165, 1.54) is 6.07 Å². The number of benzene rings is 2. The molecular weight excluding hydrogens is 331 g/mol. The van der Waals surface area contributed by atoms with E-state index in [1.54, 1.807) is 6.07 Å². The zero-order valence-corrected chi connectivity index (χ0v) is 15.1. The molecule has 1 aliphatic heterocycles. The van der Waals surface area contributed by atoms with E-state index in [4.69, 9.17) is 4.74 Å². The average molecular weight is 356 g/mol. The molecule has 0 unspecified atom stereocenters. The molecule has 2 aromatic carbocycles. The predicted octanol–water partition coefficient (Wildman–Crippen LogP) is 4.53. The summed E-state index contributed by atoms with van der Waals surface area (Å²) in [6.45, 7) is 4.24. The Morgan fingerprint density at radius 2 is 1.92 bits per heavy atom. The van der Waals surface area contributed by atoms with Crippen molar-refractivity contribution >= 4 is 17.3 Å². The molecule has 26 heavy (non-hydrogen) atoms. The number of carbonyl (C=O) groups is 1. The molecule has 0 spiro atoms. The first-order valence-corrected chi connectivity index (χ1v) is 9.17. The summed E-state index contributed by atoms with van der Waals surface area (Å²) in [7, 11) is 0. The van der Waals surface area contributed by atoms with Crippen LogP contribution in [0.3, 0.4) is 0 Å². The summed E-state index contributed by atoms with van der Waals surface area (Å²) in [6.07, 6.45) is 3.06. The zero-order valence-electron chi connectivity index (χ0n) is 15.1. The van der Waals surface area contributed by atoms with Crippen molar-refractivity contribution < 1.29 is 13.9 Å². The lowest BCUT2D eigenvalue weighted by Crippen LogP contribution is -2.22. The maximum absolute atomic E-state index is 14.3. The molecule has 0 radical (unpaired) electrons. The molecular formula is C21H25FN2O2. The Balaban J connectivity index is 1.53. The molecule has 1 saturated heterocycles. The Bertz CT molecular complexity index is 757. The Hall–Kier alpha value is -2.56. The van der Waals surface area contributed by atoms with Gasteiger partial charge >= 0.3 is 0 Å². The van der Waals surface area contributed by atoms with E-state index in [0.717, 1.165) is 42.9 Å². The van der Waals surface area contributed by atoms with Gasteiger partial charge in [-0.2, -0.15) is 0 Å². The lowest BCUT2D eigenvalue weighted by molar-refractivity contribution is -0.116. The van der Waals surface area contributed by atoms with Crippen LogP contribution in [0.2, 0.25) is 0 Å². The number of hydrogen-bond donors (Lipinski definition) is 1. The summed E-state index contributed by atoms with van der Waals surface area (Å²) in [5.74, 6) is 0.251. The van der Waals surface area contributed by atoms with Crippen molar-refractivity contribution in [1.82, 2.24) is 0 Å². The van der Waals surface area contributed by atoms with E-state index in [-0.39, 0.29) is 11.7 Å². The SMILES string of the molecule is Cc1ccccc1OCCCC(=O)Nc1c(F)cccc1N1CCCC1. The molecule has 2 aromatic rings. The van der Waals surface area contributed by atoms with Crippen LogP contribution in [-0.4, -0.2) is 25.6 Å². The highest BCUT2D eigenvalue weighted by Gasteiger charge is 2.19. The highest BCUT2D eigenvalue weighted by atomic mass is 19.1. The van der Waals surface area contributed by atoms with Gasteiger partial charge in [0.25, 0.3) is 0 Å². The van der Waals surface area contributed by atoms with E-state index in [2.05, 4.69) is 10.2 Å². The fourth-order valence-corrected chi connectivity index (χ4v) is 3.19. The summed E-state index contributed by atoms with van der Waals surface area (Å²) in [5.41, 5.74) is 2.13. The number of para-hydroxylation sites is 2. The van der Waals surface area contributed by atoms with Gasteiger partial charge < -0.3 is 15.0 Å². The number of nitrogens with zero attached hydrogens (tertiary/aromatic N) is 1. The third kappa shape index (κ3) is 4.54. The molecule has 1 fully saturated rings. The van der Waals surface area contributed by atoms with E-state index in [0.29, 0.717) is 25.1 Å². The molecule has 1 heterocycles. The largest absolute Gasteiger partial charge is 0.493 e. The maximum Gasteiger partial charge on any atom is 0.224 e. The van der Waals surface area contributed by atoms with Crippen LogP contribution in [0.1, 0.15) is 31.2 Å². The summed E-state index contributed by atoms with van der Waals surface area (Å²) in [6, 6.07) is 12.7. The van der Waals surface area contributed by atoms with Crippen LogP contribution in [0.25, 0.3) is 0 Å². The molecule has 4 nitrogen and oxygen atoms in total. The molecule has 0 bridgehead atoms. The van der Waals surface area contributed by atoms with Crippen molar-refractivity contribution in [2.24, 2.45) is 0 Å². The van der Waals surface area contributed by atoms with Crippen molar-refractivity contribution in [3.05, 3.63) is 53.8 Å². The summed E-state index contributed by atoms with van der Waals surface area (Å²) < 4.78 is 20.0. The lowest BCUT2D eigenvalue weighted by Gasteiger charge is -2.22. The van der Waals surface area contributed by atoms with Gasteiger partial charge in [-0.25, -0.2) is 4.39 Å². The number of amides is 1. The maximum atomic E-state index is 14.3. The Labute approximate surface area is 154 Å². The van der Waals surface area contributed by atoms with Gasteiger partial charge in [0.05, 0.1) is 12.3 Å². The number of carbonyl (C=O) groups excluding carboxylic acids is 1. The summed E-state index contributed by atoms with van der Waals surface area (Å²) in [5, 5.41) is 2.75. The quantitative estimate of drug-likeness (QED) is 0.741. The first kappa shape index (κ1) is 18.2. The minimum Gasteiger partial charge on any atom is -0.493 e. The van der Waals surface area contributed by atoms with E-state index in [1.807, 2.05) is 37.3 Å². The smallest absolute Gasteiger partial charge is 0.224 e. The second-order valence-electron chi connectivity index (χ2n) is 6.59. The van der Waals surface area contributed by atoms with Crippen molar-refractivity contribution in [3.8, 4) is 5.75 Å². The number of nitrogens with one attached hydrogen (secondary N) is 1. The highest BCUT2D eigenvalue weighted by Crippen LogP contribution is 2.31. The summed E-state index contributed by atoms with van der Waals surface area (Å²) >= 11 is 0. The van der Waals surface area contributed by atoms with E-state index in [9.17, 15) is 9.18 Å². The molecule has 0 aliphatic carbocycles. The first-order chi connectivity index (χ1) is 12.6. The van der Waals surface area contributed by atoms with Crippen LogP contribution in [0.15, 0.2) is 42.5 Å². The van der Waals surface area contributed by atoms with Crippen LogP contribution < -0.4 is 15.0 Å². The van der Waals surface area contributed by atoms with Crippen LogP contribution in [0.5, 0.6) is 5.75 Å². The third-order valence-corrected chi connectivity index (χ3v) is 4.60. The lowest BCUT2D eigenvalue weighted by atomic mass is 10.2. The van der Waals surface area contributed by atoms with Crippen molar-refractivity contribution in [2.45, 2.75) is 32.6 Å². The number of hydrogen-bond acceptors (Lipinski definition) is 3. The molecule has 1 amide bonds. The Morgan fingerprint density at radius 3 is 2.69 bits per heavy atom. The normalized spacial score (nSPS) is 13.7. The number of rotatable bonds is 7. The van der Waals surface area contributed by atoms with Gasteiger partial charge in [-0.05, 0) is 49.9 Å². The van der Waals surface area contributed by atoms with Gasteiger partial charge in [-0.3, -0.25) is 4.79 Å². The number of aryl methyl sites for hydroxylation is 1. The fourth-order valence-electron chi connectivity index (χ4n) is 3.19. The molecule has 138 valence electrons. The fraction of sp³-hybridized carbons (Fsp3) is 0.381. The van der Waals surface area contributed by atoms with Gasteiger partial charge in [0, 0.05) is 19.5 Å². The zero-order chi connectivity index (χ0) is 18.4. The molecule has 0 aromatic heterocycles. The topological polar surface area (TPSA) is 41.6 Å². The third-order valence-electron chi connectivity index (χ3n) is 4.60. The van der Waals surface area contributed by atoms with Crippen molar-refractivity contribution in [2.75, 3.05) is 29.9 Å². The standard InChI is InChI=1S/C21H25FN2O2/c1-16-8-2-3-11-19(16)26-15-7-12-20(25)23-21-17(22)9-6-10-18(21)24-13-4-5-14-24/h2-3,6,8-11H,4-5,7,12-15H2,1H3,(H,23,25). The van der Waals surface area contributed by atoms with Crippen molar-refractivity contribution in [3.63, 3.8) is 0 Å². The molecule has 0 saturated carbocycles. The Kier molecular flexibility index (Phi) is 6.10. The number of halogens is 1. The minimum absolute atomic E-state index is 0.191. The van der Waals surface area contributed by atoms with Gasteiger partial charge in [0.1, 0.15) is 17.3 Å². The second-order valence-corrected chi connectivity index (χ2v) is 6.59. The van der Waals surface area contributed by atoms with E-state index >= 15 is 0 Å². The average Bonchev–Trinajstić information content (AvgIpc) is 3.16. The van der Waals surface area contributed by atoms with Crippen molar-refractivity contribution in [1.29, 1.82) is 0 Å².